The molecular formula is C17H12O7. The number of methoxy groups -OCH3 is 1. The molecule has 0 spiro atoms. The normalized spacial score (nSPS) is 12.5. The Morgan fingerprint density at radius 3 is 2.79 bits per heavy atom. The lowest BCUT2D eigenvalue weighted by Crippen LogP contribution is -2.05. The van der Waals surface area contributed by atoms with Gasteiger partial charge in [-0.1, -0.05) is 6.07 Å². The molecule has 7 nitrogen and oxygen atoms in total. The van der Waals surface area contributed by atoms with Gasteiger partial charge in [-0.2, -0.15) is 0 Å². The lowest BCUT2D eigenvalue weighted by Gasteiger charge is -2.08. The van der Waals surface area contributed by atoms with Gasteiger partial charge in [0.1, 0.15) is 17.2 Å². The third-order valence-electron chi connectivity index (χ3n) is 3.87. The van der Waals surface area contributed by atoms with Crippen LogP contribution in [0, 0.1) is 0 Å². The second-order valence-electron chi connectivity index (χ2n) is 5.20. The van der Waals surface area contributed by atoms with Crippen LogP contribution in [0.15, 0.2) is 39.7 Å². The van der Waals surface area contributed by atoms with Crippen LogP contribution < -0.4 is 19.6 Å². The minimum absolute atomic E-state index is 0.00351. The van der Waals surface area contributed by atoms with Gasteiger partial charge < -0.3 is 28.8 Å². The number of hydrogen-bond acceptors (Lipinski definition) is 7. The summed E-state index contributed by atoms with van der Waals surface area (Å²) >= 11 is 0. The summed E-state index contributed by atoms with van der Waals surface area (Å²) in [5, 5.41) is 20.0. The highest BCUT2D eigenvalue weighted by atomic mass is 16.7. The van der Waals surface area contributed by atoms with Crippen LogP contribution in [0.3, 0.4) is 0 Å². The number of hydrogen-bond donors (Lipinski definition) is 2. The molecule has 0 atom stereocenters. The Labute approximate surface area is 135 Å². The fraction of sp³-hybridized carbons (Fsp3) is 0.118. The Bertz CT molecular complexity index is 1020. The highest BCUT2D eigenvalue weighted by molar-refractivity contribution is 5.91. The summed E-state index contributed by atoms with van der Waals surface area (Å²) in [6, 6.07) is 5.98. The van der Waals surface area contributed by atoms with E-state index in [1.165, 1.54) is 31.6 Å². The van der Waals surface area contributed by atoms with E-state index in [0.717, 1.165) is 0 Å². The van der Waals surface area contributed by atoms with Gasteiger partial charge in [-0.05, 0) is 17.7 Å². The monoisotopic (exact) mass is 328 g/mol. The molecule has 4 rings (SSSR count). The lowest BCUT2D eigenvalue weighted by atomic mass is 10.0. The summed E-state index contributed by atoms with van der Waals surface area (Å²) in [5.41, 5.74) is 0.461. The SMILES string of the molecule is COc1cc(-c2coc3cc4c(c(O)c3c2=O)OCO4)ccc1O. The van der Waals surface area contributed by atoms with Crippen LogP contribution in [0.1, 0.15) is 0 Å². The maximum absolute atomic E-state index is 12.8. The smallest absolute Gasteiger partial charge is 0.231 e. The molecule has 3 aromatic rings. The van der Waals surface area contributed by atoms with Crippen molar-refractivity contribution in [3.05, 3.63) is 40.8 Å². The summed E-state index contributed by atoms with van der Waals surface area (Å²) in [5.74, 6) is 0.304. The van der Waals surface area contributed by atoms with Crippen molar-refractivity contribution in [1.29, 1.82) is 0 Å². The zero-order valence-electron chi connectivity index (χ0n) is 12.5. The van der Waals surface area contributed by atoms with Gasteiger partial charge in [-0.3, -0.25) is 4.79 Å². The molecular weight excluding hydrogens is 316 g/mol. The van der Waals surface area contributed by atoms with Crippen LogP contribution in [0.2, 0.25) is 0 Å². The maximum Gasteiger partial charge on any atom is 0.231 e. The summed E-state index contributed by atoms with van der Waals surface area (Å²) in [4.78, 5) is 12.8. The van der Waals surface area contributed by atoms with E-state index in [2.05, 4.69) is 0 Å². The molecule has 122 valence electrons. The predicted octanol–water partition coefficient (Wildman–Crippen LogP) is 2.61. The van der Waals surface area contributed by atoms with Crippen molar-refractivity contribution in [3.63, 3.8) is 0 Å². The third kappa shape index (κ3) is 1.95. The quantitative estimate of drug-likeness (QED) is 0.746. The third-order valence-corrected chi connectivity index (χ3v) is 3.87. The van der Waals surface area contributed by atoms with Crippen LogP contribution in [0.25, 0.3) is 22.1 Å². The Balaban J connectivity index is 1.98. The van der Waals surface area contributed by atoms with Crippen molar-refractivity contribution in [2.45, 2.75) is 0 Å². The Hall–Kier alpha value is -3.35. The van der Waals surface area contributed by atoms with E-state index in [9.17, 15) is 15.0 Å². The van der Waals surface area contributed by atoms with Crippen LogP contribution in [-0.4, -0.2) is 24.1 Å². The van der Waals surface area contributed by atoms with E-state index in [4.69, 9.17) is 18.6 Å². The van der Waals surface area contributed by atoms with Gasteiger partial charge in [0.2, 0.25) is 18.0 Å². The van der Waals surface area contributed by atoms with Gasteiger partial charge in [-0.25, -0.2) is 0 Å². The summed E-state index contributed by atoms with van der Waals surface area (Å²) in [6.07, 6.45) is 1.29. The number of rotatable bonds is 2. The number of fused-ring (bicyclic) bond motifs is 2. The fourth-order valence-corrected chi connectivity index (χ4v) is 2.67. The molecule has 0 bridgehead atoms. The van der Waals surface area contributed by atoms with E-state index in [0.29, 0.717) is 11.3 Å². The molecule has 0 fully saturated rings. The van der Waals surface area contributed by atoms with Crippen LogP contribution in [-0.2, 0) is 0 Å². The van der Waals surface area contributed by atoms with Crippen LogP contribution in [0.5, 0.6) is 28.7 Å². The molecule has 0 amide bonds. The molecule has 0 saturated carbocycles. The van der Waals surface area contributed by atoms with E-state index in [-0.39, 0.29) is 46.3 Å². The number of phenolic OH excluding ortho intramolecular Hbond substituents is 2. The standard InChI is InChI=1S/C17H12O7/c1-21-11-4-8(2-3-10(11)18)9-6-22-12-5-13-17(24-7-23-13)16(20)14(12)15(9)19/h2-6,18,20H,7H2,1H3. The van der Waals surface area contributed by atoms with Gasteiger partial charge in [0.15, 0.2) is 23.0 Å². The molecule has 0 saturated heterocycles. The molecule has 2 N–H and O–H groups in total. The number of ether oxygens (including phenoxy) is 3. The van der Waals surface area contributed by atoms with Crippen molar-refractivity contribution in [3.8, 4) is 39.9 Å². The molecule has 1 aromatic heterocycles. The largest absolute Gasteiger partial charge is 0.504 e. The molecule has 24 heavy (non-hydrogen) atoms. The fourth-order valence-electron chi connectivity index (χ4n) is 2.67. The van der Waals surface area contributed by atoms with Crippen LogP contribution >= 0.6 is 0 Å². The second kappa shape index (κ2) is 5.09. The summed E-state index contributed by atoms with van der Waals surface area (Å²) < 4.78 is 20.9. The first-order chi connectivity index (χ1) is 11.6. The van der Waals surface area contributed by atoms with E-state index in [1.54, 1.807) is 6.07 Å². The molecule has 2 heterocycles. The average molecular weight is 328 g/mol. The number of aromatic hydroxyl groups is 2. The molecule has 2 aromatic carbocycles. The number of phenols is 2. The first-order valence-corrected chi connectivity index (χ1v) is 7.04. The van der Waals surface area contributed by atoms with Crippen molar-refractivity contribution in [2.24, 2.45) is 0 Å². The molecule has 0 radical (unpaired) electrons. The maximum atomic E-state index is 12.8. The van der Waals surface area contributed by atoms with Gasteiger partial charge in [-0.15, -0.1) is 0 Å². The van der Waals surface area contributed by atoms with E-state index in [1.807, 2.05) is 0 Å². The summed E-state index contributed by atoms with van der Waals surface area (Å²) in [7, 11) is 1.41. The average Bonchev–Trinajstić information content (AvgIpc) is 3.05. The van der Waals surface area contributed by atoms with E-state index < -0.39 is 5.43 Å². The van der Waals surface area contributed by atoms with Crippen LogP contribution in [0.4, 0.5) is 0 Å². The van der Waals surface area contributed by atoms with Gasteiger partial charge in [0.25, 0.3) is 0 Å². The van der Waals surface area contributed by atoms with Gasteiger partial charge in [0, 0.05) is 6.07 Å². The lowest BCUT2D eigenvalue weighted by molar-refractivity contribution is 0.171. The van der Waals surface area contributed by atoms with Crippen molar-refractivity contribution in [2.75, 3.05) is 13.9 Å². The zero-order valence-corrected chi connectivity index (χ0v) is 12.5. The highest BCUT2D eigenvalue weighted by Gasteiger charge is 2.24. The van der Waals surface area contributed by atoms with Crippen molar-refractivity contribution >= 4 is 11.0 Å². The molecule has 0 unspecified atom stereocenters. The first kappa shape index (κ1) is 14.3. The predicted molar refractivity (Wildman–Crippen MR) is 83.9 cm³/mol. The Morgan fingerprint density at radius 1 is 1.17 bits per heavy atom. The zero-order chi connectivity index (χ0) is 16.8. The van der Waals surface area contributed by atoms with Gasteiger partial charge >= 0.3 is 0 Å². The molecule has 1 aliphatic rings. The molecule has 0 aliphatic carbocycles. The Morgan fingerprint density at radius 2 is 2.00 bits per heavy atom. The Kier molecular flexibility index (Phi) is 3.02. The molecule has 7 heteroatoms. The summed E-state index contributed by atoms with van der Waals surface area (Å²) in [6.45, 7) is -0.0323. The second-order valence-corrected chi connectivity index (χ2v) is 5.20. The topological polar surface area (TPSA) is 98.4 Å². The van der Waals surface area contributed by atoms with E-state index >= 15 is 0 Å². The van der Waals surface area contributed by atoms with Gasteiger partial charge in [0.05, 0.1) is 12.7 Å². The minimum Gasteiger partial charge on any atom is -0.504 e. The van der Waals surface area contributed by atoms with Crippen molar-refractivity contribution < 1.29 is 28.8 Å². The first-order valence-electron chi connectivity index (χ1n) is 7.04. The minimum atomic E-state index is -0.431. The van der Waals surface area contributed by atoms with Crippen molar-refractivity contribution in [1.82, 2.24) is 0 Å². The number of benzene rings is 2. The highest BCUT2D eigenvalue weighted by Crippen LogP contribution is 2.44. The molecule has 1 aliphatic heterocycles.